The summed E-state index contributed by atoms with van der Waals surface area (Å²) in [6, 6.07) is 1.24. The normalized spacial score (nSPS) is 14.1. The number of phenolic OH excluding ortho intramolecular Hbond substituents is 1. The van der Waals surface area contributed by atoms with Crippen LogP contribution in [0.4, 0.5) is 0 Å². The molecule has 0 heterocycles. The van der Waals surface area contributed by atoms with Crippen molar-refractivity contribution in [3.63, 3.8) is 0 Å². The van der Waals surface area contributed by atoms with Gasteiger partial charge in [0, 0.05) is 12.8 Å². The molecule has 1 aromatic rings. The molecule has 10 N–H and O–H groups in total. The van der Waals surface area contributed by atoms with E-state index in [1.165, 1.54) is 31.2 Å². The van der Waals surface area contributed by atoms with Crippen LogP contribution in [-0.4, -0.2) is 75.7 Å². The maximum Gasteiger partial charge on any atom is 0.326 e. The number of carbonyl (C=O) groups is 5. The van der Waals surface area contributed by atoms with Crippen LogP contribution in [0, 0.1) is 0 Å². The molecular formula is C23H35N5O8. The lowest BCUT2D eigenvalue weighted by Crippen LogP contribution is -2.56. The van der Waals surface area contributed by atoms with Crippen molar-refractivity contribution in [2.75, 3.05) is 6.54 Å². The third-order valence-corrected chi connectivity index (χ3v) is 5.33. The highest BCUT2D eigenvalue weighted by molar-refractivity contribution is 5.94. The van der Waals surface area contributed by atoms with E-state index in [1.54, 1.807) is 0 Å². The molecule has 0 saturated carbocycles. The zero-order valence-electron chi connectivity index (χ0n) is 20.1. The number of phenols is 1. The average Bonchev–Trinajstić information content (AvgIpc) is 2.82. The van der Waals surface area contributed by atoms with E-state index in [-0.39, 0.29) is 31.4 Å². The molecule has 0 aliphatic rings. The summed E-state index contributed by atoms with van der Waals surface area (Å²) in [6.45, 7) is 1.74. The predicted octanol–water partition coefficient (Wildman–Crippen LogP) is -1.19. The van der Waals surface area contributed by atoms with Gasteiger partial charge in [0.25, 0.3) is 0 Å². The molecule has 0 fully saturated rings. The highest BCUT2D eigenvalue weighted by Gasteiger charge is 2.28. The van der Waals surface area contributed by atoms with Crippen molar-refractivity contribution in [1.29, 1.82) is 0 Å². The van der Waals surface area contributed by atoms with E-state index in [0.29, 0.717) is 24.9 Å². The van der Waals surface area contributed by atoms with Gasteiger partial charge < -0.3 is 42.7 Å². The summed E-state index contributed by atoms with van der Waals surface area (Å²) in [7, 11) is 0. The summed E-state index contributed by atoms with van der Waals surface area (Å²) < 4.78 is 0. The number of benzene rings is 1. The van der Waals surface area contributed by atoms with Crippen LogP contribution in [0.5, 0.6) is 5.75 Å². The number of carbonyl (C=O) groups excluding carboxylic acids is 3. The van der Waals surface area contributed by atoms with Crippen LogP contribution < -0.4 is 27.4 Å². The lowest BCUT2D eigenvalue weighted by molar-refractivity contribution is -0.142. The van der Waals surface area contributed by atoms with Crippen molar-refractivity contribution in [1.82, 2.24) is 16.0 Å². The molecule has 200 valence electrons. The monoisotopic (exact) mass is 509 g/mol. The van der Waals surface area contributed by atoms with Gasteiger partial charge in [0.05, 0.1) is 6.04 Å². The summed E-state index contributed by atoms with van der Waals surface area (Å²) in [5.74, 6) is -4.51. The Hall–Kier alpha value is -3.71. The zero-order chi connectivity index (χ0) is 27.3. The molecule has 13 nitrogen and oxygen atoms in total. The maximum absolute atomic E-state index is 12.8. The van der Waals surface area contributed by atoms with Crippen molar-refractivity contribution < 1.29 is 39.3 Å². The van der Waals surface area contributed by atoms with Crippen molar-refractivity contribution in [3.8, 4) is 5.75 Å². The van der Waals surface area contributed by atoms with Crippen LogP contribution in [0.1, 0.15) is 44.6 Å². The second-order valence-corrected chi connectivity index (χ2v) is 8.38. The van der Waals surface area contributed by atoms with E-state index in [1.807, 2.05) is 0 Å². The minimum atomic E-state index is -1.28. The van der Waals surface area contributed by atoms with Gasteiger partial charge in [-0.15, -0.1) is 0 Å². The van der Waals surface area contributed by atoms with Gasteiger partial charge in [0.2, 0.25) is 17.7 Å². The minimum absolute atomic E-state index is 0.0157. The van der Waals surface area contributed by atoms with Gasteiger partial charge in [-0.3, -0.25) is 19.2 Å². The lowest BCUT2D eigenvalue weighted by atomic mass is 10.0. The van der Waals surface area contributed by atoms with Gasteiger partial charge in [-0.1, -0.05) is 12.1 Å². The first kappa shape index (κ1) is 30.3. The first-order valence-corrected chi connectivity index (χ1v) is 11.5. The molecule has 0 radical (unpaired) electrons. The van der Waals surface area contributed by atoms with Crippen LogP contribution in [0.3, 0.4) is 0 Å². The van der Waals surface area contributed by atoms with Gasteiger partial charge in [0.1, 0.15) is 23.9 Å². The van der Waals surface area contributed by atoms with Crippen LogP contribution in [-0.2, 0) is 30.4 Å². The molecule has 0 aliphatic heterocycles. The predicted molar refractivity (Wildman–Crippen MR) is 129 cm³/mol. The average molecular weight is 510 g/mol. The number of aliphatic carboxylic acids is 2. The van der Waals surface area contributed by atoms with Gasteiger partial charge >= 0.3 is 11.9 Å². The number of rotatable bonds is 16. The standard InChI is InChI=1S/C23H35N5O8/c1-13(20(32)28-18(23(35)36)12-14-5-7-15(29)8-6-14)26-22(34)17(4-2-3-11-24)27-21(33)16(25)9-10-19(30)31/h5-8,13,16-18,29H,2-4,9-12,24-25H2,1H3,(H,26,34)(H,27,33)(H,28,32)(H,30,31)(H,35,36). The molecule has 0 spiro atoms. The summed E-state index contributed by atoms with van der Waals surface area (Å²) >= 11 is 0. The highest BCUT2D eigenvalue weighted by Crippen LogP contribution is 2.11. The Balaban J connectivity index is 2.78. The topological polar surface area (TPSA) is 234 Å². The quantitative estimate of drug-likeness (QED) is 0.124. The molecule has 1 rings (SSSR count). The number of hydrogen-bond donors (Lipinski definition) is 8. The second-order valence-electron chi connectivity index (χ2n) is 8.38. The van der Waals surface area contributed by atoms with E-state index >= 15 is 0 Å². The Kier molecular flexibility index (Phi) is 12.9. The Labute approximate surface area is 208 Å². The molecule has 3 amide bonds. The van der Waals surface area contributed by atoms with Crippen molar-refractivity contribution in [2.45, 2.75) is 69.6 Å². The largest absolute Gasteiger partial charge is 0.508 e. The number of aromatic hydroxyl groups is 1. The maximum atomic E-state index is 12.8. The van der Waals surface area contributed by atoms with Crippen LogP contribution in [0.2, 0.25) is 0 Å². The minimum Gasteiger partial charge on any atom is -0.508 e. The number of hydrogen-bond acceptors (Lipinski definition) is 8. The van der Waals surface area contributed by atoms with Crippen molar-refractivity contribution in [2.24, 2.45) is 11.5 Å². The number of carboxylic acid groups (broad SMARTS) is 2. The first-order valence-electron chi connectivity index (χ1n) is 11.5. The van der Waals surface area contributed by atoms with Crippen LogP contribution in [0.25, 0.3) is 0 Å². The lowest BCUT2D eigenvalue weighted by Gasteiger charge is -2.23. The number of nitrogens with two attached hydrogens (primary N) is 2. The molecule has 0 bridgehead atoms. The van der Waals surface area contributed by atoms with Gasteiger partial charge in [-0.2, -0.15) is 0 Å². The number of nitrogens with one attached hydrogen (secondary N) is 3. The molecule has 36 heavy (non-hydrogen) atoms. The van der Waals surface area contributed by atoms with Gasteiger partial charge in [-0.25, -0.2) is 4.79 Å². The van der Waals surface area contributed by atoms with Gasteiger partial charge in [-0.05, 0) is 56.8 Å². The molecule has 0 aliphatic carbocycles. The van der Waals surface area contributed by atoms with E-state index in [9.17, 15) is 34.2 Å². The third-order valence-electron chi connectivity index (χ3n) is 5.33. The molecule has 4 unspecified atom stereocenters. The summed E-state index contributed by atoms with van der Waals surface area (Å²) in [5.41, 5.74) is 11.8. The smallest absolute Gasteiger partial charge is 0.326 e. The first-order chi connectivity index (χ1) is 16.9. The van der Waals surface area contributed by atoms with E-state index in [2.05, 4.69) is 16.0 Å². The Bertz CT molecular complexity index is 908. The second kappa shape index (κ2) is 15.3. The molecule has 0 saturated heterocycles. The Morgan fingerprint density at radius 1 is 0.861 bits per heavy atom. The summed E-state index contributed by atoms with van der Waals surface area (Å²) in [4.78, 5) is 60.1. The zero-order valence-corrected chi connectivity index (χ0v) is 20.1. The summed E-state index contributed by atoms with van der Waals surface area (Å²) in [5, 5.41) is 34.9. The Morgan fingerprint density at radius 2 is 1.47 bits per heavy atom. The van der Waals surface area contributed by atoms with Crippen molar-refractivity contribution in [3.05, 3.63) is 29.8 Å². The molecular weight excluding hydrogens is 474 g/mol. The molecule has 13 heteroatoms. The SMILES string of the molecule is CC(NC(=O)C(CCCCN)NC(=O)C(N)CCC(=O)O)C(=O)NC(Cc1ccc(O)cc1)C(=O)O. The third kappa shape index (κ3) is 11.1. The summed E-state index contributed by atoms with van der Waals surface area (Å²) in [6.07, 6.45) is 0.798. The molecule has 4 atom stereocenters. The number of unbranched alkanes of at least 4 members (excludes halogenated alkanes) is 1. The molecule has 1 aromatic carbocycles. The highest BCUT2D eigenvalue weighted by atomic mass is 16.4. The number of amides is 3. The Morgan fingerprint density at radius 3 is 2.03 bits per heavy atom. The van der Waals surface area contributed by atoms with E-state index in [0.717, 1.165) is 0 Å². The van der Waals surface area contributed by atoms with Crippen LogP contribution >= 0.6 is 0 Å². The fraction of sp³-hybridized carbons (Fsp3) is 0.522. The fourth-order valence-electron chi connectivity index (χ4n) is 3.19. The van der Waals surface area contributed by atoms with E-state index in [4.69, 9.17) is 16.6 Å². The van der Waals surface area contributed by atoms with E-state index < -0.39 is 53.8 Å². The van der Waals surface area contributed by atoms with Crippen molar-refractivity contribution >= 4 is 29.7 Å². The van der Waals surface area contributed by atoms with Gasteiger partial charge in [0.15, 0.2) is 0 Å². The number of carboxylic acids is 2. The molecule has 0 aromatic heterocycles. The fourth-order valence-corrected chi connectivity index (χ4v) is 3.19. The van der Waals surface area contributed by atoms with Crippen LogP contribution in [0.15, 0.2) is 24.3 Å².